The number of benzene rings is 2. The number of nitrogens with one attached hydrogen (secondary N) is 1. The van der Waals surface area contributed by atoms with Crippen LogP contribution in [-0.4, -0.2) is 23.1 Å². The van der Waals surface area contributed by atoms with Gasteiger partial charge in [-0.1, -0.05) is 53.3 Å². The summed E-state index contributed by atoms with van der Waals surface area (Å²) in [5.41, 5.74) is 2.66. The molecule has 0 radical (unpaired) electrons. The molecule has 7 nitrogen and oxygen atoms in total. The van der Waals surface area contributed by atoms with Crippen LogP contribution in [0.15, 0.2) is 69.6 Å². The number of para-hydroxylation sites is 1. The number of nitrogens with zero attached hydrogens (tertiary/aromatic N) is 2. The van der Waals surface area contributed by atoms with E-state index in [1.165, 1.54) is 4.57 Å². The first-order valence-electron chi connectivity index (χ1n) is 10.3. The van der Waals surface area contributed by atoms with Gasteiger partial charge in [0.2, 0.25) is 0 Å². The van der Waals surface area contributed by atoms with Crippen LogP contribution in [0, 0.1) is 0 Å². The topological polar surface area (TPSA) is 89.8 Å². The zero-order chi connectivity index (χ0) is 23.3. The van der Waals surface area contributed by atoms with Crippen molar-refractivity contribution < 1.29 is 14.3 Å². The lowest BCUT2D eigenvalue weighted by Crippen LogP contribution is -2.40. The van der Waals surface area contributed by atoms with Gasteiger partial charge in [-0.3, -0.25) is 14.2 Å². The third kappa shape index (κ3) is 3.42. The van der Waals surface area contributed by atoms with Gasteiger partial charge in [0.1, 0.15) is 4.53 Å². The molecular weight excluding hydrogens is 462 g/mol. The monoisotopic (exact) mass is 479 g/mol. The van der Waals surface area contributed by atoms with Gasteiger partial charge in [0, 0.05) is 16.3 Å². The van der Waals surface area contributed by atoms with Gasteiger partial charge in [0.05, 0.1) is 29.5 Å². The quantitative estimate of drug-likeness (QED) is 0.585. The summed E-state index contributed by atoms with van der Waals surface area (Å²) in [6.07, 6.45) is 0. The summed E-state index contributed by atoms with van der Waals surface area (Å²) in [4.78, 5) is 44.4. The predicted molar refractivity (Wildman–Crippen MR) is 126 cm³/mol. The van der Waals surface area contributed by atoms with Gasteiger partial charge in [-0.05, 0) is 37.6 Å². The summed E-state index contributed by atoms with van der Waals surface area (Å²) in [6.45, 7) is 3.62. The van der Waals surface area contributed by atoms with Gasteiger partial charge in [0.15, 0.2) is 4.80 Å². The van der Waals surface area contributed by atoms with Crippen LogP contribution in [-0.2, 0) is 14.3 Å². The first kappa shape index (κ1) is 21.4. The van der Waals surface area contributed by atoms with Crippen LogP contribution < -0.4 is 20.2 Å². The highest BCUT2D eigenvalue weighted by Crippen LogP contribution is 2.32. The Bertz CT molecular complexity index is 1530. The molecule has 0 saturated heterocycles. The number of halogens is 1. The molecule has 2 aliphatic rings. The minimum Gasteiger partial charge on any atom is -0.463 e. The summed E-state index contributed by atoms with van der Waals surface area (Å²) >= 11 is 7.21. The normalized spacial score (nSPS) is 18.4. The minimum absolute atomic E-state index is 0.189. The number of hydrogen-bond donors (Lipinski definition) is 1. The van der Waals surface area contributed by atoms with E-state index >= 15 is 0 Å². The second kappa shape index (κ2) is 8.13. The SMILES string of the molecule is CCOC(=O)C1=C(C)N=c2s/c(=C3\C(=O)Nc4ccccc43)c(=O)n2C1c1ccc(Cl)cc1. The Morgan fingerprint density at radius 2 is 1.91 bits per heavy atom. The van der Waals surface area contributed by atoms with Crippen molar-refractivity contribution in [1.82, 2.24) is 4.57 Å². The van der Waals surface area contributed by atoms with Crippen molar-refractivity contribution in [2.24, 2.45) is 4.99 Å². The van der Waals surface area contributed by atoms with Gasteiger partial charge in [-0.15, -0.1) is 0 Å². The van der Waals surface area contributed by atoms with E-state index in [1.54, 1.807) is 50.2 Å². The number of carbonyl (C=O) groups excluding carboxylic acids is 2. The van der Waals surface area contributed by atoms with E-state index in [1.807, 2.05) is 12.1 Å². The van der Waals surface area contributed by atoms with E-state index in [-0.39, 0.29) is 22.6 Å². The van der Waals surface area contributed by atoms with Gasteiger partial charge in [-0.2, -0.15) is 0 Å². The molecule has 166 valence electrons. The molecule has 0 fully saturated rings. The fourth-order valence-electron chi connectivity index (χ4n) is 4.15. The lowest BCUT2D eigenvalue weighted by molar-refractivity contribution is -0.139. The van der Waals surface area contributed by atoms with Crippen molar-refractivity contribution in [3.8, 4) is 0 Å². The summed E-state index contributed by atoms with van der Waals surface area (Å²) in [5, 5.41) is 3.34. The van der Waals surface area contributed by atoms with Crippen LogP contribution in [0.1, 0.15) is 31.0 Å². The molecule has 1 N–H and O–H groups in total. The lowest BCUT2D eigenvalue weighted by Gasteiger charge is -2.24. The number of fused-ring (bicyclic) bond motifs is 2. The van der Waals surface area contributed by atoms with Crippen molar-refractivity contribution in [3.05, 3.63) is 95.6 Å². The van der Waals surface area contributed by atoms with Crippen molar-refractivity contribution in [2.45, 2.75) is 19.9 Å². The van der Waals surface area contributed by atoms with E-state index < -0.39 is 17.6 Å². The molecule has 1 amide bonds. The Kier molecular flexibility index (Phi) is 5.26. The van der Waals surface area contributed by atoms with Gasteiger partial charge in [0.25, 0.3) is 11.5 Å². The highest BCUT2D eigenvalue weighted by molar-refractivity contribution is 7.07. The maximum atomic E-state index is 13.8. The van der Waals surface area contributed by atoms with E-state index in [0.29, 0.717) is 37.9 Å². The molecule has 33 heavy (non-hydrogen) atoms. The molecular formula is C24H18ClN3O4S. The smallest absolute Gasteiger partial charge is 0.338 e. The number of hydrogen-bond acceptors (Lipinski definition) is 6. The number of ether oxygens (including phenoxy) is 1. The number of anilines is 1. The number of thiazole rings is 1. The number of rotatable bonds is 3. The Morgan fingerprint density at radius 3 is 2.64 bits per heavy atom. The van der Waals surface area contributed by atoms with Gasteiger partial charge < -0.3 is 10.1 Å². The highest BCUT2D eigenvalue weighted by Gasteiger charge is 2.35. The molecule has 1 aromatic heterocycles. The number of amides is 1. The number of allylic oxidation sites excluding steroid dienone is 1. The van der Waals surface area contributed by atoms with Crippen LogP contribution in [0.25, 0.3) is 5.57 Å². The van der Waals surface area contributed by atoms with Crippen molar-refractivity contribution in [2.75, 3.05) is 11.9 Å². The maximum Gasteiger partial charge on any atom is 0.338 e. The van der Waals surface area contributed by atoms with Gasteiger partial charge >= 0.3 is 5.97 Å². The fourth-order valence-corrected chi connectivity index (χ4v) is 5.41. The number of carbonyl (C=O) groups is 2. The molecule has 5 rings (SSSR count). The number of aromatic nitrogens is 1. The fraction of sp³-hybridized carbons (Fsp3) is 0.167. The van der Waals surface area contributed by atoms with Crippen LogP contribution in [0.5, 0.6) is 0 Å². The molecule has 9 heteroatoms. The Balaban J connectivity index is 1.82. The van der Waals surface area contributed by atoms with Crippen LogP contribution >= 0.6 is 22.9 Å². The van der Waals surface area contributed by atoms with Crippen LogP contribution in [0.3, 0.4) is 0 Å². The summed E-state index contributed by atoms with van der Waals surface area (Å²) in [5.74, 6) is -0.883. The second-order valence-corrected chi connectivity index (χ2v) is 8.96. The van der Waals surface area contributed by atoms with Crippen molar-refractivity contribution in [3.63, 3.8) is 0 Å². The van der Waals surface area contributed by atoms with Crippen LogP contribution in [0.2, 0.25) is 5.02 Å². The van der Waals surface area contributed by atoms with E-state index in [4.69, 9.17) is 16.3 Å². The average molecular weight is 480 g/mol. The highest BCUT2D eigenvalue weighted by atomic mass is 35.5. The second-order valence-electron chi connectivity index (χ2n) is 7.55. The van der Waals surface area contributed by atoms with Crippen molar-refractivity contribution in [1.29, 1.82) is 0 Å². The third-order valence-electron chi connectivity index (χ3n) is 5.58. The Morgan fingerprint density at radius 1 is 1.18 bits per heavy atom. The molecule has 0 saturated carbocycles. The maximum absolute atomic E-state index is 13.8. The molecule has 2 aliphatic heterocycles. The zero-order valence-corrected chi connectivity index (χ0v) is 19.3. The first-order chi connectivity index (χ1) is 15.9. The minimum atomic E-state index is -0.758. The average Bonchev–Trinajstić information content (AvgIpc) is 3.28. The molecule has 3 heterocycles. The zero-order valence-electron chi connectivity index (χ0n) is 17.7. The van der Waals surface area contributed by atoms with Crippen LogP contribution in [0.4, 0.5) is 5.69 Å². The predicted octanol–water partition coefficient (Wildman–Crippen LogP) is 2.77. The molecule has 2 aromatic carbocycles. The summed E-state index contributed by atoms with van der Waals surface area (Å²) in [7, 11) is 0. The Hall–Kier alpha value is -3.49. The molecule has 1 atom stereocenters. The van der Waals surface area contributed by atoms with E-state index in [9.17, 15) is 14.4 Å². The number of esters is 1. The largest absolute Gasteiger partial charge is 0.463 e. The van der Waals surface area contributed by atoms with Gasteiger partial charge in [-0.25, -0.2) is 9.79 Å². The van der Waals surface area contributed by atoms with E-state index in [0.717, 1.165) is 11.3 Å². The van der Waals surface area contributed by atoms with E-state index in [2.05, 4.69) is 10.3 Å². The third-order valence-corrected chi connectivity index (χ3v) is 6.88. The molecule has 0 aliphatic carbocycles. The lowest BCUT2D eigenvalue weighted by atomic mass is 9.96. The molecule has 0 bridgehead atoms. The Labute approximate surface area is 197 Å². The molecule has 0 spiro atoms. The summed E-state index contributed by atoms with van der Waals surface area (Å²) in [6, 6.07) is 13.4. The molecule has 3 aromatic rings. The standard InChI is InChI=1S/C24H18ClN3O4S/c1-3-32-23(31)17-12(2)26-24-28(19(17)13-8-10-14(25)11-9-13)22(30)20(33-24)18-15-6-4-5-7-16(15)27-21(18)29/h4-11,19H,3H2,1-2H3,(H,27,29)/b20-18-. The molecule has 1 unspecified atom stereocenters. The van der Waals surface area contributed by atoms with Crippen molar-refractivity contribution >= 4 is 46.1 Å². The summed E-state index contributed by atoms with van der Waals surface area (Å²) < 4.78 is 7.02. The first-order valence-corrected chi connectivity index (χ1v) is 11.5.